The van der Waals surface area contributed by atoms with E-state index >= 15 is 0 Å². The van der Waals surface area contributed by atoms with Crippen molar-refractivity contribution in [2.75, 3.05) is 0 Å². The average Bonchev–Trinajstić information content (AvgIpc) is 2.63. The second-order valence-electron chi connectivity index (χ2n) is 5.75. The molecule has 1 N–H and O–H groups in total. The van der Waals surface area contributed by atoms with Gasteiger partial charge in [-0.25, -0.2) is 13.1 Å². The molecule has 1 aromatic heterocycles. The standard InChI is InChI=1S/C12H17BrClNO2S2/c1-12(2)5-3-8(4-6-12)15-19(16,17)10-7-9(14)11(13)18-10/h7-8,15H,3-6H2,1-2H3. The minimum absolute atomic E-state index is 0.0395. The van der Waals surface area contributed by atoms with Crippen LogP contribution in [0.4, 0.5) is 0 Å². The lowest BCUT2D eigenvalue weighted by molar-refractivity contribution is 0.218. The van der Waals surface area contributed by atoms with E-state index < -0.39 is 10.0 Å². The maximum Gasteiger partial charge on any atom is 0.250 e. The lowest BCUT2D eigenvalue weighted by Crippen LogP contribution is -2.38. The van der Waals surface area contributed by atoms with E-state index in [-0.39, 0.29) is 10.3 Å². The highest BCUT2D eigenvalue weighted by Crippen LogP contribution is 2.37. The number of sulfonamides is 1. The number of nitrogens with one attached hydrogen (secondary N) is 1. The van der Waals surface area contributed by atoms with Crippen LogP contribution in [-0.4, -0.2) is 14.5 Å². The lowest BCUT2D eigenvalue weighted by atomic mass is 9.76. The molecule has 0 saturated heterocycles. The van der Waals surface area contributed by atoms with Gasteiger partial charge >= 0.3 is 0 Å². The van der Waals surface area contributed by atoms with Crippen molar-refractivity contribution in [2.45, 2.75) is 49.8 Å². The van der Waals surface area contributed by atoms with Crippen molar-refractivity contribution in [3.8, 4) is 0 Å². The smallest absolute Gasteiger partial charge is 0.207 e. The zero-order chi connectivity index (χ0) is 14.3. The van der Waals surface area contributed by atoms with E-state index in [1.165, 1.54) is 6.07 Å². The molecule has 0 atom stereocenters. The SMILES string of the molecule is CC1(C)CCC(NS(=O)(=O)c2cc(Cl)c(Br)s2)CC1. The summed E-state index contributed by atoms with van der Waals surface area (Å²) in [5.41, 5.74) is 0.331. The molecule has 1 aromatic rings. The van der Waals surface area contributed by atoms with Crippen LogP contribution in [-0.2, 0) is 10.0 Å². The molecule has 0 unspecified atom stereocenters. The first-order valence-corrected chi connectivity index (χ1v) is 9.64. The highest BCUT2D eigenvalue weighted by molar-refractivity contribution is 9.11. The Hall–Kier alpha value is 0.380. The van der Waals surface area contributed by atoms with Gasteiger partial charge < -0.3 is 0 Å². The number of hydrogen-bond acceptors (Lipinski definition) is 3. The van der Waals surface area contributed by atoms with Gasteiger partial charge in [0.1, 0.15) is 4.21 Å². The van der Waals surface area contributed by atoms with Crippen LogP contribution in [0, 0.1) is 5.41 Å². The monoisotopic (exact) mass is 385 g/mol. The Morgan fingerprint density at radius 3 is 2.47 bits per heavy atom. The van der Waals surface area contributed by atoms with Gasteiger partial charge in [0.25, 0.3) is 0 Å². The van der Waals surface area contributed by atoms with Gasteiger partial charge in [-0.15, -0.1) is 11.3 Å². The molecule has 0 radical (unpaired) electrons. The van der Waals surface area contributed by atoms with Gasteiger partial charge in [-0.2, -0.15) is 0 Å². The second-order valence-corrected chi connectivity index (χ2v) is 10.5. The molecule has 2 rings (SSSR count). The van der Waals surface area contributed by atoms with E-state index in [0.717, 1.165) is 37.0 Å². The topological polar surface area (TPSA) is 46.2 Å². The first kappa shape index (κ1) is 15.8. The summed E-state index contributed by atoms with van der Waals surface area (Å²) in [5, 5.41) is 0.440. The minimum Gasteiger partial charge on any atom is -0.207 e. The molecule has 19 heavy (non-hydrogen) atoms. The Balaban J connectivity index is 2.06. The Morgan fingerprint density at radius 2 is 2.00 bits per heavy atom. The molecule has 1 saturated carbocycles. The summed E-state index contributed by atoms with van der Waals surface area (Å²) in [6.07, 6.45) is 3.89. The number of thiophene rings is 1. The second kappa shape index (κ2) is 5.64. The fraction of sp³-hybridized carbons (Fsp3) is 0.667. The molecular formula is C12H17BrClNO2S2. The molecular weight excluding hydrogens is 370 g/mol. The Kier molecular flexibility index (Phi) is 4.68. The lowest BCUT2D eigenvalue weighted by Gasteiger charge is -2.34. The van der Waals surface area contributed by atoms with Crippen LogP contribution in [0.2, 0.25) is 5.02 Å². The maximum atomic E-state index is 12.2. The molecule has 0 aliphatic heterocycles. The van der Waals surface area contributed by atoms with Gasteiger partial charge in [-0.1, -0.05) is 25.4 Å². The summed E-state index contributed by atoms with van der Waals surface area (Å²) in [4.78, 5) is 0. The predicted octanol–water partition coefficient (Wildman–Crippen LogP) is 4.41. The van der Waals surface area contributed by atoms with Crippen molar-refractivity contribution in [1.82, 2.24) is 4.72 Å². The van der Waals surface area contributed by atoms with E-state index in [0.29, 0.717) is 14.2 Å². The first-order valence-electron chi connectivity index (χ1n) is 6.17. The zero-order valence-electron chi connectivity index (χ0n) is 10.9. The molecule has 0 aromatic carbocycles. The first-order chi connectivity index (χ1) is 8.70. The molecule has 1 fully saturated rings. The molecule has 1 heterocycles. The summed E-state index contributed by atoms with van der Waals surface area (Å²) >= 11 is 10.3. The van der Waals surface area contributed by atoms with Crippen LogP contribution in [0.5, 0.6) is 0 Å². The maximum absolute atomic E-state index is 12.2. The largest absolute Gasteiger partial charge is 0.250 e. The van der Waals surface area contributed by atoms with Gasteiger partial charge in [-0.3, -0.25) is 0 Å². The molecule has 0 spiro atoms. The zero-order valence-corrected chi connectivity index (χ0v) is 14.8. The molecule has 7 heteroatoms. The minimum atomic E-state index is -3.44. The summed E-state index contributed by atoms with van der Waals surface area (Å²) in [7, 11) is -3.44. The van der Waals surface area contributed by atoms with Crippen molar-refractivity contribution in [3.05, 3.63) is 14.9 Å². The van der Waals surface area contributed by atoms with Crippen LogP contribution in [0.15, 0.2) is 14.1 Å². The number of rotatable bonds is 3. The van der Waals surface area contributed by atoms with Gasteiger partial charge in [0.15, 0.2) is 0 Å². The normalized spacial score (nSPS) is 20.6. The van der Waals surface area contributed by atoms with E-state index in [1.54, 1.807) is 0 Å². The van der Waals surface area contributed by atoms with Crippen molar-refractivity contribution >= 4 is 48.9 Å². The Bertz CT molecular complexity index is 539. The van der Waals surface area contributed by atoms with E-state index in [4.69, 9.17) is 11.6 Å². The third-order valence-electron chi connectivity index (χ3n) is 3.55. The summed E-state index contributed by atoms with van der Waals surface area (Å²) in [5.74, 6) is 0. The molecule has 0 amide bonds. The fourth-order valence-corrected chi connectivity index (χ4v) is 5.97. The van der Waals surface area contributed by atoms with Crippen LogP contribution in [0.1, 0.15) is 39.5 Å². The van der Waals surface area contributed by atoms with E-state index in [1.807, 2.05) is 0 Å². The van der Waals surface area contributed by atoms with Crippen LogP contribution < -0.4 is 4.72 Å². The summed E-state index contributed by atoms with van der Waals surface area (Å²) < 4.78 is 28.2. The number of halogens is 2. The molecule has 1 aliphatic rings. The molecule has 108 valence electrons. The highest BCUT2D eigenvalue weighted by Gasteiger charge is 2.30. The van der Waals surface area contributed by atoms with Crippen molar-refractivity contribution < 1.29 is 8.42 Å². The van der Waals surface area contributed by atoms with E-state index in [9.17, 15) is 8.42 Å². The Morgan fingerprint density at radius 1 is 1.42 bits per heavy atom. The highest BCUT2D eigenvalue weighted by atomic mass is 79.9. The van der Waals surface area contributed by atoms with Crippen molar-refractivity contribution in [2.24, 2.45) is 5.41 Å². The van der Waals surface area contributed by atoms with Crippen LogP contribution in [0.25, 0.3) is 0 Å². The van der Waals surface area contributed by atoms with Crippen molar-refractivity contribution in [1.29, 1.82) is 0 Å². The average molecular weight is 387 g/mol. The molecule has 0 bridgehead atoms. The third-order valence-corrected chi connectivity index (χ3v) is 8.02. The van der Waals surface area contributed by atoms with Crippen molar-refractivity contribution in [3.63, 3.8) is 0 Å². The van der Waals surface area contributed by atoms with Gasteiger partial charge in [0.05, 0.1) is 8.81 Å². The Labute approximate surface area is 131 Å². The fourth-order valence-electron chi connectivity index (χ4n) is 2.25. The quantitative estimate of drug-likeness (QED) is 0.836. The van der Waals surface area contributed by atoms with Gasteiger partial charge in [0.2, 0.25) is 10.0 Å². The van der Waals surface area contributed by atoms with Gasteiger partial charge in [0, 0.05) is 6.04 Å². The van der Waals surface area contributed by atoms with E-state index in [2.05, 4.69) is 34.5 Å². The third kappa shape index (κ3) is 3.94. The predicted molar refractivity (Wildman–Crippen MR) is 83.4 cm³/mol. The summed E-state index contributed by atoms with van der Waals surface area (Å²) in [6.45, 7) is 4.46. The summed E-state index contributed by atoms with van der Waals surface area (Å²) in [6, 6.07) is 1.53. The number of hydrogen-bond donors (Lipinski definition) is 1. The van der Waals surface area contributed by atoms with Crippen LogP contribution in [0.3, 0.4) is 0 Å². The molecule has 1 aliphatic carbocycles. The molecule has 3 nitrogen and oxygen atoms in total. The van der Waals surface area contributed by atoms with Crippen LogP contribution >= 0.6 is 38.9 Å². The van der Waals surface area contributed by atoms with Gasteiger partial charge in [-0.05, 0) is 53.1 Å².